The molecule has 152 valence electrons. The maximum Gasteiger partial charge on any atom is 0.341 e. The first-order valence-electron chi connectivity index (χ1n) is 9.52. The molecule has 0 radical (unpaired) electrons. The lowest BCUT2D eigenvalue weighted by molar-refractivity contribution is 0.0596. The molecule has 0 spiro atoms. The van der Waals surface area contributed by atoms with Gasteiger partial charge in [-0.15, -0.1) is 0 Å². The Morgan fingerprint density at radius 2 is 1.50 bits per heavy atom. The molecule has 4 aromatic rings. The van der Waals surface area contributed by atoms with Gasteiger partial charge in [0.2, 0.25) is 0 Å². The fourth-order valence-corrected chi connectivity index (χ4v) is 3.63. The second kappa shape index (κ2) is 8.33. The summed E-state index contributed by atoms with van der Waals surface area (Å²) in [5.74, 6) is 1.11. The van der Waals surface area contributed by atoms with E-state index in [1.54, 1.807) is 13.2 Å². The molecule has 0 saturated heterocycles. The van der Waals surface area contributed by atoms with Crippen molar-refractivity contribution in [2.45, 2.75) is 6.61 Å². The summed E-state index contributed by atoms with van der Waals surface area (Å²) in [6, 6.07) is 21.7. The number of carbonyl (C=O) groups is 1. The monoisotopic (exact) mass is 402 g/mol. The summed E-state index contributed by atoms with van der Waals surface area (Å²) in [6.07, 6.45) is 0. The average Bonchev–Trinajstić information content (AvgIpc) is 2.81. The van der Waals surface area contributed by atoms with Crippen LogP contribution in [0.4, 0.5) is 0 Å². The Bertz CT molecular complexity index is 1210. The highest BCUT2D eigenvalue weighted by atomic mass is 16.5. The Kier molecular flexibility index (Phi) is 5.44. The Balaban J connectivity index is 1.87. The molecular weight excluding hydrogens is 380 g/mol. The maximum atomic E-state index is 12.4. The van der Waals surface area contributed by atoms with Crippen molar-refractivity contribution in [3.05, 3.63) is 77.9 Å². The summed E-state index contributed by atoms with van der Waals surface area (Å²) in [5, 5.41) is 3.67. The predicted octanol–water partition coefficient (Wildman–Crippen LogP) is 5.38. The second-order valence-electron chi connectivity index (χ2n) is 6.80. The number of fused-ring (bicyclic) bond motifs is 3. The molecule has 0 unspecified atom stereocenters. The van der Waals surface area contributed by atoms with Crippen LogP contribution in [0.2, 0.25) is 0 Å². The van der Waals surface area contributed by atoms with Gasteiger partial charge in [0, 0.05) is 5.39 Å². The lowest BCUT2D eigenvalue weighted by Crippen LogP contribution is -2.06. The summed E-state index contributed by atoms with van der Waals surface area (Å²) in [6.45, 7) is 0.474. The van der Waals surface area contributed by atoms with E-state index in [2.05, 4.69) is 0 Å². The lowest BCUT2D eigenvalue weighted by Gasteiger charge is -2.16. The molecular formula is C25H22O5. The van der Waals surface area contributed by atoms with Gasteiger partial charge in [-0.2, -0.15) is 0 Å². The van der Waals surface area contributed by atoms with Crippen LogP contribution in [0.15, 0.2) is 66.7 Å². The van der Waals surface area contributed by atoms with Crippen LogP contribution < -0.4 is 14.2 Å². The van der Waals surface area contributed by atoms with E-state index >= 15 is 0 Å². The molecule has 0 N–H and O–H groups in total. The first kappa shape index (κ1) is 19.6. The number of ether oxygens (including phenoxy) is 4. The van der Waals surface area contributed by atoms with Gasteiger partial charge in [0.15, 0.2) is 11.5 Å². The van der Waals surface area contributed by atoms with E-state index in [0.717, 1.165) is 32.9 Å². The highest BCUT2D eigenvalue weighted by Crippen LogP contribution is 2.42. The van der Waals surface area contributed by atoms with Gasteiger partial charge >= 0.3 is 5.97 Å². The minimum Gasteiger partial charge on any atom is -0.492 e. The fourth-order valence-electron chi connectivity index (χ4n) is 3.63. The molecule has 5 heteroatoms. The molecule has 0 heterocycles. The standard InChI is InChI=1S/C25H22O5/c1-27-23-19-12-10-17-9-11-18(30-15-16-7-5-4-6-8-16)13-20(17)21(19)14-22(24(23)28-2)25(26)29-3/h4-14H,15H2,1-3H3. The second-order valence-corrected chi connectivity index (χ2v) is 6.80. The summed E-state index contributed by atoms with van der Waals surface area (Å²) in [7, 11) is 4.41. The number of benzene rings is 4. The number of hydrogen-bond donors (Lipinski definition) is 0. The highest BCUT2D eigenvalue weighted by molar-refractivity contribution is 6.13. The Morgan fingerprint density at radius 3 is 2.20 bits per heavy atom. The zero-order valence-corrected chi connectivity index (χ0v) is 17.1. The van der Waals surface area contributed by atoms with Crippen LogP contribution in [0.5, 0.6) is 17.2 Å². The lowest BCUT2D eigenvalue weighted by atomic mass is 9.98. The van der Waals surface area contributed by atoms with Crippen LogP contribution in [0.3, 0.4) is 0 Å². The first-order valence-corrected chi connectivity index (χ1v) is 9.52. The van der Waals surface area contributed by atoms with Crippen molar-refractivity contribution >= 4 is 27.5 Å². The zero-order chi connectivity index (χ0) is 21.1. The first-order chi connectivity index (χ1) is 14.7. The van der Waals surface area contributed by atoms with Crippen molar-refractivity contribution in [1.82, 2.24) is 0 Å². The Hall–Kier alpha value is -3.73. The van der Waals surface area contributed by atoms with Crippen molar-refractivity contribution in [3.8, 4) is 17.2 Å². The van der Waals surface area contributed by atoms with Crippen molar-refractivity contribution in [2.24, 2.45) is 0 Å². The molecule has 0 aliphatic rings. The molecule has 4 rings (SSSR count). The van der Waals surface area contributed by atoms with Gasteiger partial charge in [-0.3, -0.25) is 0 Å². The third kappa shape index (κ3) is 3.50. The molecule has 4 aromatic carbocycles. The van der Waals surface area contributed by atoms with E-state index in [1.807, 2.05) is 60.7 Å². The van der Waals surface area contributed by atoms with Crippen molar-refractivity contribution < 1.29 is 23.7 Å². The number of methoxy groups -OCH3 is 3. The van der Waals surface area contributed by atoms with Crippen LogP contribution in [0.1, 0.15) is 15.9 Å². The van der Waals surface area contributed by atoms with Gasteiger partial charge in [-0.25, -0.2) is 4.79 Å². The van der Waals surface area contributed by atoms with Gasteiger partial charge in [0.05, 0.1) is 21.3 Å². The molecule has 0 bridgehead atoms. The van der Waals surface area contributed by atoms with E-state index in [0.29, 0.717) is 23.7 Å². The molecule has 0 amide bonds. The van der Waals surface area contributed by atoms with Crippen molar-refractivity contribution in [2.75, 3.05) is 21.3 Å². The topological polar surface area (TPSA) is 54.0 Å². The third-order valence-corrected chi connectivity index (χ3v) is 5.08. The van der Waals surface area contributed by atoms with Crippen LogP contribution in [-0.4, -0.2) is 27.3 Å². The van der Waals surface area contributed by atoms with E-state index in [1.165, 1.54) is 14.2 Å². The van der Waals surface area contributed by atoms with Crippen molar-refractivity contribution in [1.29, 1.82) is 0 Å². The minimum atomic E-state index is -0.486. The van der Waals surface area contributed by atoms with E-state index in [9.17, 15) is 4.79 Å². The average molecular weight is 402 g/mol. The summed E-state index contributed by atoms with van der Waals surface area (Å²) >= 11 is 0. The Morgan fingerprint density at radius 1 is 0.767 bits per heavy atom. The van der Waals surface area contributed by atoms with Crippen LogP contribution >= 0.6 is 0 Å². The number of hydrogen-bond acceptors (Lipinski definition) is 5. The molecule has 0 aliphatic carbocycles. The largest absolute Gasteiger partial charge is 0.492 e. The summed E-state index contributed by atoms with van der Waals surface area (Å²) in [4.78, 5) is 12.4. The van der Waals surface area contributed by atoms with E-state index in [-0.39, 0.29) is 0 Å². The van der Waals surface area contributed by atoms with Crippen LogP contribution in [0.25, 0.3) is 21.5 Å². The number of rotatable bonds is 6. The van der Waals surface area contributed by atoms with Gasteiger partial charge in [-0.05, 0) is 46.0 Å². The predicted molar refractivity (Wildman–Crippen MR) is 117 cm³/mol. The number of carbonyl (C=O) groups excluding carboxylic acids is 1. The molecule has 0 fully saturated rings. The van der Waals surface area contributed by atoms with E-state index < -0.39 is 5.97 Å². The molecule has 30 heavy (non-hydrogen) atoms. The molecule has 0 atom stereocenters. The molecule has 5 nitrogen and oxygen atoms in total. The minimum absolute atomic E-state index is 0.312. The van der Waals surface area contributed by atoms with E-state index in [4.69, 9.17) is 18.9 Å². The van der Waals surface area contributed by atoms with Gasteiger partial charge in [-0.1, -0.05) is 42.5 Å². The fraction of sp³-hybridized carbons (Fsp3) is 0.160. The third-order valence-electron chi connectivity index (χ3n) is 5.08. The molecule has 0 saturated carbocycles. The summed E-state index contributed by atoms with van der Waals surface area (Å²) < 4.78 is 22.0. The zero-order valence-electron chi connectivity index (χ0n) is 17.1. The summed E-state index contributed by atoms with van der Waals surface area (Å²) in [5.41, 5.74) is 1.40. The van der Waals surface area contributed by atoms with Gasteiger partial charge in [0.1, 0.15) is 17.9 Å². The number of esters is 1. The smallest absolute Gasteiger partial charge is 0.341 e. The molecule has 0 aromatic heterocycles. The van der Waals surface area contributed by atoms with Crippen molar-refractivity contribution in [3.63, 3.8) is 0 Å². The highest BCUT2D eigenvalue weighted by Gasteiger charge is 2.21. The van der Waals surface area contributed by atoms with Gasteiger partial charge in [0.25, 0.3) is 0 Å². The maximum absolute atomic E-state index is 12.4. The van der Waals surface area contributed by atoms with Gasteiger partial charge < -0.3 is 18.9 Å². The van der Waals surface area contributed by atoms with Crippen LogP contribution in [0, 0.1) is 0 Å². The normalized spacial score (nSPS) is 10.8. The molecule has 0 aliphatic heterocycles. The quantitative estimate of drug-likeness (QED) is 0.320. The SMILES string of the molecule is COC(=O)c1cc2c(ccc3ccc(OCc4ccccc4)cc32)c(OC)c1OC. The Labute approximate surface area is 174 Å². The van der Waals surface area contributed by atoms with Crippen LogP contribution in [-0.2, 0) is 11.3 Å².